The van der Waals surface area contributed by atoms with Gasteiger partial charge in [-0.25, -0.2) is 0 Å². The van der Waals surface area contributed by atoms with Crippen LogP contribution in [0.15, 0.2) is 9.41 Å². The third kappa shape index (κ3) is 8.80. The molecule has 0 atom stereocenters. The van der Waals surface area contributed by atoms with Crippen molar-refractivity contribution in [1.29, 1.82) is 0 Å². The topological polar surface area (TPSA) is 35.5 Å². The Bertz CT molecular complexity index is 403. The molecule has 0 unspecified atom stereocenters. The van der Waals surface area contributed by atoms with Crippen molar-refractivity contribution in [2.75, 3.05) is 13.2 Å². The minimum atomic E-state index is -3.17. The Morgan fingerprint density at radius 3 is 1.50 bits per heavy atom. The van der Waals surface area contributed by atoms with Gasteiger partial charge in [0.05, 0.1) is 0 Å². The van der Waals surface area contributed by atoms with Crippen LogP contribution in [0.2, 0.25) is 13.3 Å². The standard InChI is InChI=1S/C9H18O3P.3C4H9.Sn/c1-5-11-13(10,12-6-2)8-7-9(3)4;3*1-3-4-2;/h7,9H,5-6H2,1-4H3;3*1,3-4H2,2H3;. The molecule has 0 aromatic heterocycles. The van der Waals surface area contributed by atoms with Crippen LogP contribution in [-0.4, -0.2) is 31.6 Å². The summed E-state index contributed by atoms with van der Waals surface area (Å²) in [5.41, 5.74) is 0. The van der Waals surface area contributed by atoms with Gasteiger partial charge in [-0.15, -0.1) is 0 Å². The van der Waals surface area contributed by atoms with Crippen molar-refractivity contribution in [1.82, 2.24) is 0 Å². The average Bonchev–Trinajstić information content (AvgIpc) is 2.60. The molecule has 0 N–H and O–H groups in total. The van der Waals surface area contributed by atoms with Gasteiger partial charge in [-0.3, -0.25) is 0 Å². The maximum atomic E-state index is 13.9. The van der Waals surface area contributed by atoms with E-state index in [4.69, 9.17) is 9.05 Å². The maximum absolute atomic E-state index is 13.9. The third-order valence-electron chi connectivity index (χ3n) is 4.95. The number of unbranched alkanes of at least 4 members (excludes halogenated alkanes) is 3. The van der Waals surface area contributed by atoms with Crippen LogP contribution in [0.25, 0.3) is 0 Å². The van der Waals surface area contributed by atoms with E-state index >= 15 is 0 Å². The quantitative estimate of drug-likeness (QED) is 0.160. The number of allylic oxidation sites excluding steroid dienone is 1. The monoisotopic (exact) mass is 496 g/mol. The number of hydrogen-bond acceptors (Lipinski definition) is 3. The van der Waals surface area contributed by atoms with Gasteiger partial charge < -0.3 is 0 Å². The van der Waals surface area contributed by atoms with Gasteiger partial charge in [-0.05, 0) is 0 Å². The van der Waals surface area contributed by atoms with Gasteiger partial charge in [0.25, 0.3) is 0 Å². The van der Waals surface area contributed by atoms with Gasteiger partial charge in [-0.2, -0.15) is 0 Å². The Morgan fingerprint density at radius 2 is 1.23 bits per heavy atom. The van der Waals surface area contributed by atoms with E-state index in [1.54, 1.807) is 0 Å². The van der Waals surface area contributed by atoms with E-state index < -0.39 is 26.0 Å². The van der Waals surface area contributed by atoms with Gasteiger partial charge in [0.15, 0.2) is 0 Å². The number of hydrogen-bond donors (Lipinski definition) is 0. The molecule has 0 radical (unpaired) electrons. The Kier molecular flexibility index (Phi) is 15.0. The predicted octanol–water partition coefficient (Wildman–Crippen LogP) is 8.18. The van der Waals surface area contributed by atoms with Gasteiger partial charge in [0, 0.05) is 0 Å². The first-order valence-electron chi connectivity index (χ1n) is 11.0. The van der Waals surface area contributed by atoms with Crippen LogP contribution in [0.4, 0.5) is 0 Å². The molecule has 26 heavy (non-hydrogen) atoms. The molecule has 5 heteroatoms. The normalized spacial score (nSPS) is 13.6. The third-order valence-corrected chi connectivity index (χ3v) is 27.2. The minimum absolute atomic E-state index is 0.375. The molecule has 3 nitrogen and oxygen atoms in total. The van der Waals surface area contributed by atoms with Crippen LogP contribution in [-0.2, 0) is 13.6 Å². The zero-order valence-corrected chi connectivity index (χ0v) is 22.4. The molecule has 0 heterocycles. The summed E-state index contributed by atoms with van der Waals surface area (Å²) < 4.78 is 30.8. The van der Waals surface area contributed by atoms with E-state index in [1.165, 1.54) is 55.2 Å². The van der Waals surface area contributed by atoms with Crippen molar-refractivity contribution >= 4 is 26.0 Å². The van der Waals surface area contributed by atoms with E-state index in [2.05, 4.69) is 40.7 Å². The van der Waals surface area contributed by atoms with E-state index in [0.717, 1.165) is 0 Å². The van der Waals surface area contributed by atoms with Crippen LogP contribution in [0.5, 0.6) is 0 Å². The van der Waals surface area contributed by atoms with Crippen molar-refractivity contribution in [3.63, 3.8) is 0 Å². The fourth-order valence-corrected chi connectivity index (χ4v) is 29.2. The molecule has 0 fully saturated rings. The fourth-order valence-electron chi connectivity index (χ4n) is 3.70. The summed E-state index contributed by atoms with van der Waals surface area (Å²) >= 11 is -2.86. The fraction of sp³-hybridized carbons (Fsp3) is 0.905. The molecule has 156 valence electrons. The van der Waals surface area contributed by atoms with Crippen molar-refractivity contribution in [2.45, 2.75) is 100 Å². The molecule has 0 saturated carbocycles. The summed E-state index contributed by atoms with van der Waals surface area (Å²) in [7, 11) is -3.17. The Labute approximate surface area is 168 Å². The molecule has 0 spiro atoms. The summed E-state index contributed by atoms with van der Waals surface area (Å²) in [6.45, 7) is 16.0. The van der Waals surface area contributed by atoms with E-state index in [9.17, 15) is 4.57 Å². The molecule has 0 rings (SSSR count). The second-order valence-corrected chi connectivity index (χ2v) is 24.0. The summed E-state index contributed by atoms with van der Waals surface area (Å²) in [5.74, 6) is 0.375. The molecule has 0 aliphatic heterocycles. The molecule has 0 saturated heterocycles. The second-order valence-electron chi connectivity index (χ2n) is 7.72. The summed E-state index contributed by atoms with van der Waals surface area (Å²) in [5, 5.41) is 0. The Morgan fingerprint density at radius 1 is 0.846 bits per heavy atom. The SMILES string of the molecule is CCC[CH2][Sn]([CH2]CCC)([CH2]CCC)/[C](=C/C(C)C)P(=O)(OCC)OCC. The summed E-state index contributed by atoms with van der Waals surface area (Å²) in [4.78, 5) is 0. The van der Waals surface area contributed by atoms with Crippen molar-refractivity contribution < 1.29 is 13.6 Å². The van der Waals surface area contributed by atoms with Crippen LogP contribution in [0.1, 0.15) is 87.0 Å². The average molecular weight is 495 g/mol. The number of rotatable bonds is 16. The zero-order chi connectivity index (χ0) is 20.1. The molecular formula is C21H45O3PSn. The molecule has 0 bridgehead atoms. The van der Waals surface area contributed by atoms with Gasteiger partial charge in [0.1, 0.15) is 0 Å². The Hall–Kier alpha value is 0.689. The van der Waals surface area contributed by atoms with Crippen molar-refractivity contribution in [2.24, 2.45) is 5.92 Å². The van der Waals surface area contributed by atoms with Crippen LogP contribution >= 0.6 is 7.60 Å². The van der Waals surface area contributed by atoms with Gasteiger partial charge in [0.2, 0.25) is 0 Å². The second kappa shape index (κ2) is 14.7. The first-order valence-corrected chi connectivity index (χ1v) is 20.0. The first-order chi connectivity index (χ1) is 12.4. The Balaban J connectivity index is 6.30. The summed E-state index contributed by atoms with van der Waals surface area (Å²) in [6, 6.07) is 0. The van der Waals surface area contributed by atoms with Crippen LogP contribution < -0.4 is 0 Å². The van der Waals surface area contributed by atoms with Crippen molar-refractivity contribution in [3.05, 3.63) is 9.41 Å². The van der Waals surface area contributed by atoms with Gasteiger partial charge in [-0.1, -0.05) is 0 Å². The van der Waals surface area contributed by atoms with Crippen LogP contribution in [0, 0.1) is 5.92 Å². The molecule has 0 aromatic rings. The van der Waals surface area contributed by atoms with E-state index in [0.29, 0.717) is 19.1 Å². The molecule has 0 amide bonds. The predicted molar refractivity (Wildman–Crippen MR) is 119 cm³/mol. The molecule has 0 aromatic carbocycles. The van der Waals surface area contributed by atoms with Crippen molar-refractivity contribution in [3.8, 4) is 0 Å². The zero-order valence-electron chi connectivity index (χ0n) is 18.6. The first kappa shape index (κ1) is 26.7. The van der Waals surface area contributed by atoms with Gasteiger partial charge >= 0.3 is 168 Å². The van der Waals surface area contributed by atoms with E-state index in [1.807, 2.05) is 13.8 Å². The molecular weight excluding hydrogens is 450 g/mol. The summed E-state index contributed by atoms with van der Waals surface area (Å²) in [6.07, 6.45) is 9.66. The van der Waals surface area contributed by atoms with E-state index in [-0.39, 0.29) is 0 Å². The molecule has 0 aliphatic carbocycles. The van der Waals surface area contributed by atoms with Crippen LogP contribution in [0.3, 0.4) is 0 Å². The molecule has 0 aliphatic rings.